The minimum atomic E-state index is -0.277. The highest BCUT2D eigenvalue weighted by Crippen LogP contribution is 2.47. The number of rotatable bonds is 5. The van der Waals surface area contributed by atoms with Crippen LogP contribution in [0, 0.1) is 0 Å². The van der Waals surface area contributed by atoms with Crippen LogP contribution in [0.3, 0.4) is 0 Å². The van der Waals surface area contributed by atoms with Gasteiger partial charge in [-0.05, 0) is 50.0 Å². The second kappa shape index (κ2) is 7.48. The Kier molecular flexibility index (Phi) is 5.33. The van der Waals surface area contributed by atoms with E-state index in [0.717, 1.165) is 43.4 Å². The highest BCUT2D eigenvalue weighted by atomic mass is 35.5. The van der Waals surface area contributed by atoms with Crippen LogP contribution in [0.15, 0.2) is 30.9 Å². The van der Waals surface area contributed by atoms with E-state index in [4.69, 9.17) is 16.3 Å². The van der Waals surface area contributed by atoms with Gasteiger partial charge in [-0.2, -0.15) is 0 Å². The number of carbonyl (C=O) groups is 2. The Morgan fingerprint density at radius 1 is 1.36 bits per heavy atom. The fraction of sp³-hybridized carbons (Fsp3) is 0.474. The van der Waals surface area contributed by atoms with Gasteiger partial charge in [-0.25, -0.2) is 0 Å². The molecule has 1 fully saturated rings. The second-order valence-electron chi connectivity index (χ2n) is 6.74. The Hall–Kier alpha value is -2.01. The third kappa shape index (κ3) is 4.15. The van der Waals surface area contributed by atoms with Crippen molar-refractivity contribution in [1.82, 2.24) is 10.6 Å². The average molecular weight is 363 g/mol. The topological polar surface area (TPSA) is 67.4 Å². The molecule has 1 aromatic carbocycles. The molecule has 0 radical (unpaired) electrons. The Balaban J connectivity index is 1.70. The molecule has 1 aromatic rings. The Bertz CT molecular complexity index is 683. The lowest BCUT2D eigenvalue weighted by atomic mass is 9.86. The standard InChI is InChI=1S/C19H23ClN2O3/c1-2-17(23)21-10-7-18(24)22-15-12-19(8-3-4-9-19)25-16-6-5-13(20)11-14(15)16/h2,5-6,11,15H,1,3-4,7-10,12H2,(H,21,23)(H,22,24)/t15-/m1/s1. The molecule has 2 aliphatic rings. The molecule has 0 aromatic heterocycles. The van der Waals surface area contributed by atoms with E-state index in [-0.39, 0.29) is 36.4 Å². The van der Waals surface area contributed by atoms with Gasteiger partial charge < -0.3 is 15.4 Å². The van der Waals surface area contributed by atoms with Crippen LogP contribution in [-0.2, 0) is 9.59 Å². The summed E-state index contributed by atoms with van der Waals surface area (Å²) in [7, 11) is 0. The van der Waals surface area contributed by atoms with Crippen LogP contribution in [0.2, 0.25) is 5.02 Å². The van der Waals surface area contributed by atoms with Crippen molar-refractivity contribution in [2.24, 2.45) is 0 Å². The third-order valence-corrected chi connectivity index (χ3v) is 5.17. The molecule has 134 valence electrons. The van der Waals surface area contributed by atoms with Gasteiger partial charge in [-0.3, -0.25) is 9.59 Å². The number of amides is 2. The summed E-state index contributed by atoms with van der Waals surface area (Å²) in [6.07, 6.45) is 6.49. The van der Waals surface area contributed by atoms with Crippen LogP contribution in [0.4, 0.5) is 0 Å². The summed E-state index contributed by atoms with van der Waals surface area (Å²) < 4.78 is 6.30. The summed E-state index contributed by atoms with van der Waals surface area (Å²) in [4.78, 5) is 23.5. The second-order valence-corrected chi connectivity index (χ2v) is 7.18. The molecule has 2 N–H and O–H groups in total. The zero-order valence-electron chi connectivity index (χ0n) is 14.1. The van der Waals surface area contributed by atoms with Gasteiger partial charge in [0, 0.05) is 30.0 Å². The first kappa shape index (κ1) is 17.8. The number of carbonyl (C=O) groups excluding carboxylic acids is 2. The molecular weight excluding hydrogens is 340 g/mol. The number of hydrogen-bond donors (Lipinski definition) is 2. The van der Waals surface area contributed by atoms with Crippen molar-refractivity contribution in [2.75, 3.05) is 6.54 Å². The van der Waals surface area contributed by atoms with Gasteiger partial charge in [-0.15, -0.1) is 0 Å². The molecule has 0 unspecified atom stereocenters. The Labute approximate surface area is 152 Å². The predicted octanol–water partition coefficient (Wildman–Crippen LogP) is 3.28. The number of halogens is 1. The zero-order chi connectivity index (χ0) is 17.9. The number of ether oxygens (including phenoxy) is 1. The maximum Gasteiger partial charge on any atom is 0.243 e. The number of hydrogen-bond acceptors (Lipinski definition) is 3. The highest BCUT2D eigenvalue weighted by molar-refractivity contribution is 6.30. The Morgan fingerprint density at radius 2 is 2.12 bits per heavy atom. The summed E-state index contributed by atoms with van der Waals surface area (Å²) >= 11 is 6.14. The lowest BCUT2D eigenvalue weighted by Gasteiger charge is -2.40. The Morgan fingerprint density at radius 3 is 2.84 bits per heavy atom. The average Bonchev–Trinajstić information content (AvgIpc) is 3.03. The van der Waals surface area contributed by atoms with Gasteiger partial charge in [0.1, 0.15) is 11.4 Å². The highest BCUT2D eigenvalue weighted by Gasteiger charge is 2.43. The molecule has 2 amide bonds. The van der Waals surface area contributed by atoms with Crippen LogP contribution in [0.25, 0.3) is 0 Å². The van der Waals surface area contributed by atoms with Crippen LogP contribution in [-0.4, -0.2) is 24.0 Å². The van der Waals surface area contributed by atoms with E-state index in [9.17, 15) is 9.59 Å². The van der Waals surface area contributed by atoms with Crippen LogP contribution in [0.5, 0.6) is 5.75 Å². The van der Waals surface area contributed by atoms with Crippen LogP contribution < -0.4 is 15.4 Å². The fourth-order valence-corrected chi connectivity index (χ4v) is 3.91. The fourth-order valence-electron chi connectivity index (χ4n) is 3.73. The molecule has 6 heteroatoms. The molecule has 0 bridgehead atoms. The summed E-state index contributed by atoms with van der Waals surface area (Å²) in [6.45, 7) is 3.67. The van der Waals surface area contributed by atoms with E-state index in [1.54, 1.807) is 0 Å². The first-order valence-corrected chi connectivity index (χ1v) is 9.07. The van der Waals surface area contributed by atoms with Gasteiger partial charge >= 0.3 is 0 Å². The molecular formula is C19H23ClN2O3. The van der Waals surface area contributed by atoms with Gasteiger partial charge in [0.05, 0.1) is 6.04 Å². The van der Waals surface area contributed by atoms with Crippen LogP contribution >= 0.6 is 11.6 Å². The van der Waals surface area contributed by atoms with Crippen molar-refractivity contribution in [3.8, 4) is 5.75 Å². The lowest BCUT2D eigenvalue weighted by Crippen LogP contribution is -2.44. The SMILES string of the molecule is C=CC(=O)NCCC(=O)N[C@@H]1CC2(CCCC2)Oc2ccc(Cl)cc21. The largest absolute Gasteiger partial charge is 0.487 e. The normalized spacial score (nSPS) is 20.4. The molecule has 25 heavy (non-hydrogen) atoms. The molecule has 3 rings (SSSR count). The quantitative estimate of drug-likeness (QED) is 0.790. The first-order chi connectivity index (χ1) is 12.0. The molecule has 1 aliphatic carbocycles. The summed E-state index contributed by atoms with van der Waals surface area (Å²) in [5.41, 5.74) is 0.740. The molecule has 1 spiro atoms. The minimum Gasteiger partial charge on any atom is -0.487 e. The van der Waals surface area contributed by atoms with E-state index in [1.165, 1.54) is 6.08 Å². The van der Waals surface area contributed by atoms with Crippen molar-refractivity contribution < 1.29 is 14.3 Å². The summed E-state index contributed by atoms with van der Waals surface area (Å²) in [5.74, 6) is 0.430. The first-order valence-electron chi connectivity index (χ1n) is 8.69. The van der Waals surface area contributed by atoms with Gasteiger partial charge in [0.2, 0.25) is 11.8 Å². The monoisotopic (exact) mass is 362 g/mol. The zero-order valence-corrected chi connectivity index (χ0v) is 14.9. The lowest BCUT2D eigenvalue weighted by molar-refractivity contribution is -0.122. The van der Waals surface area contributed by atoms with Crippen molar-refractivity contribution in [1.29, 1.82) is 0 Å². The predicted molar refractivity (Wildman–Crippen MR) is 96.6 cm³/mol. The van der Waals surface area contributed by atoms with E-state index in [2.05, 4.69) is 17.2 Å². The maximum atomic E-state index is 12.3. The molecule has 1 aliphatic heterocycles. The molecule has 1 heterocycles. The minimum absolute atomic E-state index is 0.102. The molecule has 0 saturated heterocycles. The van der Waals surface area contributed by atoms with Gasteiger partial charge in [-0.1, -0.05) is 18.2 Å². The van der Waals surface area contributed by atoms with E-state index >= 15 is 0 Å². The van der Waals surface area contributed by atoms with Crippen LogP contribution in [0.1, 0.15) is 50.1 Å². The summed E-state index contributed by atoms with van der Waals surface area (Å²) in [6, 6.07) is 5.45. The van der Waals surface area contributed by atoms with Gasteiger partial charge in [0.25, 0.3) is 0 Å². The molecule has 1 saturated carbocycles. The van der Waals surface area contributed by atoms with E-state index < -0.39 is 0 Å². The van der Waals surface area contributed by atoms with E-state index in [1.807, 2.05) is 18.2 Å². The van der Waals surface area contributed by atoms with E-state index in [0.29, 0.717) is 5.02 Å². The van der Waals surface area contributed by atoms with Crippen molar-refractivity contribution in [2.45, 2.75) is 50.2 Å². The van der Waals surface area contributed by atoms with Crippen molar-refractivity contribution >= 4 is 23.4 Å². The maximum absolute atomic E-state index is 12.3. The number of nitrogens with one attached hydrogen (secondary N) is 2. The smallest absolute Gasteiger partial charge is 0.243 e. The van der Waals surface area contributed by atoms with Crippen molar-refractivity contribution in [3.63, 3.8) is 0 Å². The molecule has 1 atom stereocenters. The number of benzene rings is 1. The van der Waals surface area contributed by atoms with Gasteiger partial charge in [0.15, 0.2) is 0 Å². The molecule has 5 nitrogen and oxygen atoms in total. The third-order valence-electron chi connectivity index (χ3n) is 4.94. The number of fused-ring (bicyclic) bond motifs is 1. The van der Waals surface area contributed by atoms with Crippen molar-refractivity contribution in [3.05, 3.63) is 41.4 Å². The summed E-state index contributed by atoms with van der Waals surface area (Å²) in [5, 5.41) is 6.33.